The maximum absolute atomic E-state index is 6.10. The summed E-state index contributed by atoms with van der Waals surface area (Å²) in [5, 5.41) is 4.92. The Labute approximate surface area is 109 Å². The molecule has 1 aromatic carbocycles. The van der Waals surface area contributed by atoms with Crippen molar-refractivity contribution in [3.8, 4) is 0 Å². The fourth-order valence-electron chi connectivity index (χ4n) is 1.25. The Balaban J connectivity index is 2.24. The standard InChI is InChI=1S/C10H7Br2ClN2/c11-8-2-1-7(10(13)3-8)5-15-6-9(12)4-14-15/h1-4,6H,5H2. The van der Waals surface area contributed by atoms with E-state index in [1.165, 1.54) is 0 Å². The van der Waals surface area contributed by atoms with Crippen molar-refractivity contribution in [2.45, 2.75) is 6.54 Å². The van der Waals surface area contributed by atoms with Crippen molar-refractivity contribution in [1.29, 1.82) is 0 Å². The molecule has 0 fully saturated rings. The summed E-state index contributed by atoms with van der Waals surface area (Å²) in [6.07, 6.45) is 3.67. The van der Waals surface area contributed by atoms with E-state index in [1.807, 2.05) is 29.1 Å². The fraction of sp³-hybridized carbons (Fsp3) is 0.100. The van der Waals surface area contributed by atoms with E-state index < -0.39 is 0 Å². The number of benzene rings is 1. The second-order valence-electron chi connectivity index (χ2n) is 3.09. The van der Waals surface area contributed by atoms with Crippen molar-refractivity contribution in [1.82, 2.24) is 9.78 Å². The molecule has 0 bridgehead atoms. The minimum atomic E-state index is 0.678. The number of aromatic nitrogens is 2. The highest BCUT2D eigenvalue weighted by molar-refractivity contribution is 9.10. The zero-order chi connectivity index (χ0) is 10.8. The second-order valence-corrected chi connectivity index (χ2v) is 5.33. The van der Waals surface area contributed by atoms with Gasteiger partial charge in [-0.25, -0.2) is 0 Å². The van der Waals surface area contributed by atoms with Gasteiger partial charge >= 0.3 is 0 Å². The van der Waals surface area contributed by atoms with Crippen molar-refractivity contribution < 1.29 is 0 Å². The lowest BCUT2D eigenvalue weighted by Gasteiger charge is -2.04. The molecule has 2 rings (SSSR count). The molecule has 2 nitrogen and oxygen atoms in total. The summed E-state index contributed by atoms with van der Waals surface area (Å²) in [7, 11) is 0. The summed E-state index contributed by atoms with van der Waals surface area (Å²) in [6.45, 7) is 0.678. The van der Waals surface area contributed by atoms with Gasteiger partial charge in [0.1, 0.15) is 0 Å². The molecule has 0 saturated carbocycles. The summed E-state index contributed by atoms with van der Waals surface area (Å²) < 4.78 is 3.78. The Kier molecular flexibility index (Phi) is 3.49. The first-order chi connectivity index (χ1) is 7.15. The van der Waals surface area contributed by atoms with Crippen LogP contribution < -0.4 is 0 Å². The minimum absolute atomic E-state index is 0.678. The van der Waals surface area contributed by atoms with E-state index in [2.05, 4.69) is 37.0 Å². The molecule has 1 heterocycles. The Hall–Kier alpha value is -0.320. The van der Waals surface area contributed by atoms with Crippen LogP contribution in [0.15, 0.2) is 39.5 Å². The number of hydrogen-bond acceptors (Lipinski definition) is 1. The van der Waals surface area contributed by atoms with E-state index in [0.717, 1.165) is 19.5 Å². The third-order valence-electron chi connectivity index (χ3n) is 1.95. The van der Waals surface area contributed by atoms with Gasteiger partial charge in [0, 0.05) is 15.7 Å². The number of hydrogen-bond donors (Lipinski definition) is 0. The second kappa shape index (κ2) is 4.68. The lowest BCUT2D eigenvalue weighted by atomic mass is 10.2. The normalized spacial score (nSPS) is 10.6. The van der Waals surface area contributed by atoms with Crippen molar-refractivity contribution >= 4 is 43.5 Å². The van der Waals surface area contributed by atoms with E-state index in [0.29, 0.717) is 6.54 Å². The lowest BCUT2D eigenvalue weighted by molar-refractivity contribution is 0.686. The van der Waals surface area contributed by atoms with Crippen LogP contribution in [0.3, 0.4) is 0 Å². The summed E-state index contributed by atoms with van der Waals surface area (Å²) in [5.41, 5.74) is 1.05. The molecule has 0 atom stereocenters. The smallest absolute Gasteiger partial charge is 0.0674 e. The van der Waals surface area contributed by atoms with Gasteiger partial charge in [-0.05, 0) is 33.6 Å². The van der Waals surface area contributed by atoms with Gasteiger partial charge in [0.25, 0.3) is 0 Å². The third kappa shape index (κ3) is 2.83. The molecule has 0 aliphatic rings. The van der Waals surface area contributed by atoms with Gasteiger partial charge in [-0.2, -0.15) is 5.10 Å². The molecule has 5 heteroatoms. The Morgan fingerprint density at radius 1 is 1.27 bits per heavy atom. The van der Waals surface area contributed by atoms with Crippen LogP contribution in [-0.2, 0) is 6.54 Å². The highest BCUT2D eigenvalue weighted by atomic mass is 79.9. The average molecular weight is 350 g/mol. The molecule has 78 valence electrons. The summed E-state index contributed by atoms with van der Waals surface area (Å²) in [4.78, 5) is 0. The summed E-state index contributed by atoms with van der Waals surface area (Å²) >= 11 is 12.8. The van der Waals surface area contributed by atoms with Crippen LogP contribution in [0.5, 0.6) is 0 Å². The molecule has 0 radical (unpaired) electrons. The molecule has 15 heavy (non-hydrogen) atoms. The number of nitrogens with zero attached hydrogens (tertiary/aromatic N) is 2. The highest BCUT2D eigenvalue weighted by Crippen LogP contribution is 2.22. The monoisotopic (exact) mass is 348 g/mol. The Morgan fingerprint density at radius 3 is 2.67 bits per heavy atom. The van der Waals surface area contributed by atoms with E-state index in [-0.39, 0.29) is 0 Å². The Bertz CT molecular complexity index is 482. The Morgan fingerprint density at radius 2 is 2.07 bits per heavy atom. The maximum atomic E-state index is 6.10. The van der Waals surface area contributed by atoms with Gasteiger partial charge in [0.2, 0.25) is 0 Å². The van der Waals surface area contributed by atoms with Crippen LogP contribution in [0.4, 0.5) is 0 Å². The highest BCUT2D eigenvalue weighted by Gasteiger charge is 2.02. The first-order valence-electron chi connectivity index (χ1n) is 4.27. The van der Waals surface area contributed by atoms with Crippen molar-refractivity contribution in [2.24, 2.45) is 0 Å². The topological polar surface area (TPSA) is 17.8 Å². The maximum Gasteiger partial charge on any atom is 0.0674 e. The zero-order valence-electron chi connectivity index (χ0n) is 7.62. The van der Waals surface area contributed by atoms with Gasteiger partial charge in [-0.3, -0.25) is 4.68 Å². The molecule has 0 amide bonds. The fourth-order valence-corrected chi connectivity index (χ4v) is 2.31. The van der Waals surface area contributed by atoms with Crippen LogP contribution >= 0.6 is 43.5 Å². The molecule has 0 aliphatic carbocycles. The number of halogens is 3. The molecule has 0 saturated heterocycles. The largest absolute Gasteiger partial charge is 0.267 e. The first kappa shape index (κ1) is 11.2. The molecule has 0 unspecified atom stereocenters. The molecule has 0 spiro atoms. The predicted octanol–water partition coefficient (Wildman–Crippen LogP) is 4.11. The van der Waals surface area contributed by atoms with Crippen molar-refractivity contribution in [2.75, 3.05) is 0 Å². The van der Waals surface area contributed by atoms with Gasteiger partial charge in [-0.1, -0.05) is 33.6 Å². The van der Waals surface area contributed by atoms with Crippen LogP contribution in [0.25, 0.3) is 0 Å². The van der Waals surface area contributed by atoms with E-state index in [1.54, 1.807) is 6.20 Å². The molecular formula is C10H7Br2ClN2. The van der Waals surface area contributed by atoms with Crippen LogP contribution in [-0.4, -0.2) is 9.78 Å². The van der Waals surface area contributed by atoms with Gasteiger partial charge < -0.3 is 0 Å². The van der Waals surface area contributed by atoms with Gasteiger partial charge in [0.05, 0.1) is 17.2 Å². The molecule has 0 N–H and O–H groups in total. The van der Waals surface area contributed by atoms with Crippen LogP contribution in [0, 0.1) is 0 Å². The van der Waals surface area contributed by atoms with E-state index in [4.69, 9.17) is 11.6 Å². The van der Waals surface area contributed by atoms with Crippen molar-refractivity contribution in [3.05, 3.63) is 50.1 Å². The third-order valence-corrected chi connectivity index (χ3v) is 3.20. The molecule has 1 aromatic heterocycles. The average Bonchev–Trinajstić information content (AvgIpc) is 2.56. The van der Waals surface area contributed by atoms with Gasteiger partial charge in [0.15, 0.2) is 0 Å². The zero-order valence-corrected chi connectivity index (χ0v) is 11.6. The quantitative estimate of drug-likeness (QED) is 0.797. The SMILES string of the molecule is Clc1cc(Br)ccc1Cn1cc(Br)cn1. The van der Waals surface area contributed by atoms with E-state index in [9.17, 15) is 0 Å². The van der Waals surface area contributed by atoms with Crippen LogP contribution in [0.1, 0.15) is 5.56 Å². The van der Waals surface area contributed by atoms with E-state index >= 15 is 0 Å². The first-order valence-corrected chi connectivity index (χ1v) is 6.23. The van der Waals surface area contributed by atoms with Crippen molar-refractivity contribution in [3.63, 3.8) is 0 Å². The minimum Gasteiger partial charge on any atom is -0.267 e. The number of rotatable bonds is 2. The summed E-state index contributed by atoms with van der Waals surface area (Å²) in [6, 6.07) is 5.84. The van der Waals surface area contributed by atoms with Gasteiger partial charge in [-0.15, -0.1) is 0 Å². The molecule has 2 aromatic rings. The van der Waals surface area contributed by atoms with Crippen LogP contribution in [0.2, 0.25) is 5.02 Å². The summed E-state index contributed by atoms with van der Waals surface area (Å²) in [5.74, 6) is 0. The predicted molar refractivity (Wildman–Crippen MR) is 68.2 cm³/mol. The lowest BCUT2D eigenvalue weighted by Crippen LogP contribution is -2.00. The molecular weight excluding hydrogens is 343 g/mol. The molecule has 0 aliphatic heterocycles.